The summed E-state index contributed by atoms with van der Waals surface area (Å²) in [5.41, 5.74) is -0.170. The van der Waals surface area contributed by atoms with E-state index in [-0.39, 0.29) is 30.9 Å². The molecule has 2 aliphatic rings. The molecule has 0 aromatic rings. The van der Waals surface area contributed by atoms with Crippen molar-refractivity contribution in [1.82, 2.24) is 15.1 Å². The monoisotopic (exact) mass is 363 g/mol. The number of nitrogens with zero attached hydrogens (tertiary/aromatic N) is 2. The fourth-order valence-electron chi connectivity index (χ4n) is 4.32. The van der Waals surface area contributed by atoms with E-state index in [1.807, 2.05) is 25.8 Å². The Balaban J connectivity index is 2.23. The van der Waals surface area contributed by atoms with Gasteiger partial charge in [-0.15, -0.1) is 0 Å². The first-order valence-electron chi connectivity index (χ1n) is 9.54. The molecule has 0 spiro atoms. The van der Waals surface area contributed by atoms with Crippen LogP contribution in [-0.2, 0) is 14.3 Å². The second-order valence-electron chi connectivity index (χ2n) is 7.60. The zero-order chi connectivity index (χ0) is 19.3. The van der Waals surface area contributed by atoms with E-state index in [0.29, 0.717) is 24.9 Å². The van der Waals surface area contributed by atoms with Crippen molar-refractivity contribution in [3.8, 4) is 0 Å². The number of ether oxygens (including phenoxy) is 1. The Morgan fingerprint density at radius 3 is 2.73 bits per heavy atom. The number of carbonyl (C=O) groups is 2. The van der Waals surface area contributed by atoms with Crippen LogP contribution in [0.3, 0.4) is 0 Å². The van der Waals surface area contributed by atoms with Crippen molar-refractivity contribution in [2.24, 2.45) is 11.8 Å². The van der Waals surface area contributed by atoms with Crippen LogP contribution in [0.1, 0.15) is 40.0 Å². The molecule has 0 radical (unpaired) electrons. The summed E-state index contributed by atoms with van der Waals surface area (Å²) in [6.07, 6.45) is 6.56. The molecule has 146 valence electrons. The van der Waals surface area contributed by atoms with E-state index in [4.69, 9.17) is 4.74 Å². The van der Waals surface area contributed by atoms with Crippen LogP contribution in [-0.4, -0.2) is 60.6 Å². The Morgan fingerprint density at radius 2 is 2.15 bits per heavy atom. The summed E-state index contributed by atoms with van der Waals surface area (Å²) in [4.78, 5) is 29.7. The molecular formula is C20H33N3O3. The quantitative estimate of drug-likeness (QED) is 0.555. The molecule has 0 aromatic carbocycles. The number of nitrogens with one attached hydrogen (secondary N) is 1. The van der Waals surface area contributed by atoms with Gasteiger partial charge < -0.3 is 15.0 Å². The second kappa shape index (κ2) is 8.82. The van der Waals surface area contributed by atoms with Crippen LogP contribution < -0.4 is 5.32 Å². The number of hydrogen-bond acceptors (Lipinski definition) is 5. The maximum absolute atomic E-state index is 13.5. The van der Waals surface area contributed by atoms with Crippen molar-refractivity contribution in [3.05, 3.63) is 24.4 Å². The SMILES string of the molecule is C=C/C=C(\NCC)C(=O)CN1COCN(C)C(C)(C2CCCC2C)C1=O. The number of rotatable bonds is 7. The highest BCUT2D eigenvalue weighted by Gasteiger charge is 2.51. The number of allylic oxidation sites excluding steroid dienone is 2. The largest absolute Gasteiger partial charge is 0.382 e. The Kier molecular flexibility index (Phi) is 7.01. The van der Waals surface area contributed by atoms with Gasteiger partial charge in [0, 0.05) is 6.54 Å². The molecule has 6 nitrogen and oxygen atoms in total. The zero-order valence-corrected chi connectivity index (χ0v) is 16.6. The molecule has 1 aliphatic heterocycles. The number of amides is 1. The van der Waals surface area contributed by atoms with Crippen LogP contribution in [0.25, 0.3) is 0 Å². The fraction of sp³-hybridized carbons (Fsp3) is 0.700. The van der Waals surface area contributed by atoms with Crippen molar-refractivity contribution in [1.29, 1.82) is 0 Å². The van der Waals surface area contributed by atoms with Gasteiger partial charge >= 0.3 is 0 Å². The Labute approximate surface area is 157 Å². The predicted octanol–water partition coefficient (Wildman–Crippen LogP) is 2.14. The summed E-state index contributed by atoms with van der Waals surface area (Å²) < 4.78 is 5.70. The molecule has 0 aromatic heterocycles. The number of carbonyl (C=O) groups excluding carboxylic acids is 2. The average Bonchev–Trinajstić information content (AvgIpc) is 3.01. The molecule has 26 heavy (non-hydrogen) atoms. The summed E-state index contributed by atoms with van der Waals surface area (Å²) in [7, 11) is 1.94. The molecule has 1 N–H and O–H groups in total. The predicted molar refractivity (Wildman–Crippen MR) is 102 cm³/mol. The first kappa shape index (κ1) is 20.6. The van der Waals surface area contributed by atoms with Crippen LogP contribution in [0.2, 0.25) is 0 Å². The summed E-state index contributed by atoms with van der Waals surface area (Å²) in [6, 6.07) is 0. The molecule has 1 aliphatic carbocycles. The highest BCUT2D eigenvalue weighted by molar-refractivity contribution is 5.99. The van der Waals surface area contributed by atoms with E-state index in [1.54, 1.807) is 17.1 Å². The highest BCUT2D eigenvalue weighted by atomic mass is 16.5. The molecular weight excluding hydrogens is 330 g/mol. The van der Waals surface area contributed by atoms with Gasteiger partial charge in [-0.3, -0.25) is 14.5 Å². The van der Waals surface area contributed by atoms with Crippen molar-refractivity contribution < 1.29 is 14.3 Å². The standard InChI is InChI=1S/C20H33N3O3/c1-6-9-17(21-7-2)18(24)12-23-14-26-13-22(5)20(4,19(23)25)16-11-8-10-15(16)3/h6,9,15-16,21H,1,7-8,10-14H2,2-5H3/b17-9-. The van der Waals surface area contributed by atoms with Crippen LogP contribution >= 0.6 is 0 Å². The van der Waals surface area contributed by atoms with Gasteiger partial charge in [0.15, 0.2) is 5.78 Å². The van der Waals surface area contributed by atoms with E-state index in [1.165, 1.54) is 0 Å². The lowest BCUT2D eigenvalue weighted by molar-refractivity contribution is -0.147. The lowest BCUT2D eigenvalue weighted by Gasteiger charge is -2.43. The number of likely N-dealkylation sites (N-methyl/N-ethyl adjacent to an activating group) is 2. The van der Waals surface area contributed by atoms with Crippen molar-refractivity contribution >= 4 is 11.7 Å². The van der Waals surface area contributed by atoms with Crippen LogP contribution in [0.5, 0.6) is 0 Å². The van der Waals surface area contributed by atoms with Gasteiger partial charge in [0.05, 0.1) is 12.2 Å². The highest BCUT2D eigenvalue weighted by Crippen LogP contribution is 2.43. The summed E-state index contributed by atoms with van der Waals surface area (Å²) >= 11 is 0. The molecule has 3 atom stereocenters. The lowest BCUT2D eigenvalue weighted by Crippen LogP contribution is -2.60. The maximum atomic E-state index is 13.5. The second-order valence-corrected chi connectivity index (χ2v) is 7.60. The minimum absolute atomic E-state index is 0.00996. The Hall–Kier alpha value is -1.66. The lowest BCUT2D eigenvalue weighted by atomic mass is 9.77. The fourth-order valence-corrected chi connectivity index (χ4v) is 4.32. The Morgan fingerprint density at radius 1 is 1.42 bits per heavy atom. The third-order valence-corrected chi connectivity index (χ3v) is 5.92. The third kappa shape index (κ3) is 4.01. The first-order valence-corrected chi connectivity index (χ1v) is 9.54. The molecule has 1 saturated carbocycles. The van der Waals surface area contributed by atoms with Crippen molar-refractivity contribution in [2.45, 2.75) is 45.6 Å². The van der Waals surface area contributed by atoms with Crippen LogP contribution in [0.15, 0.2) is 24.4 Å². The smallest absolute Gasteiger partial charge is 0.245 e. The van der Waals surface area contributed by atoms with E-state index in [2.05, 4.69) is 18.8 Å². The topological polar surface area (TPSA) is 61.9 Å². The minimum Gasteiger partial charge on any atom is -0.382 e. The van der Waals surface area contributed by atoms with Gasteiger partial charge in [-0.25, -0.2) is 0 Å². The van der Waals surface area contributed by atoms with E-state index in [9.17, 15) is 9.59 Å². The molecule has 6 heteroatoms. The Bertz CT molecular complexity index is 575. The number of ketones is 1. The maximum Gasteiger partial charge on any atom is 0.245 e. The van der Waals surface area contributed by atoms with Gasteiger partial charge in [0.25, 0.3) is 0 Å². The summed E-state index contributed by atoms with van der Waals surface area (Å²) in [6.45, 7) is 11.0. The molecule has 2 fully saturated rings. The zero-order valence-electron chi connectivity index (χ0n) is 16.6. The molecule has 3 unspecified atom stereocenters. The van der Waals surface area contributed by atoms with Gasteiger partial charge in [-0.2, -0.15) is 0 Å². The summed E-state index contributed by atoms with van der Waals surface area (Å²) in [5.74, 6) is 0.616. The van der Waals surface area contributed by atoms with Gasteiger partial charge in [-0.1, -0.05) is 32.4 Å². The molecule has 1 amide bonds. The van der Waals surface area contributed by atoms with E-state index >= 15 is 0 Å². The van der Waals surface area contributed by atoms with Crippen LogP contribution in [0, 0.1) is 11.8 Å². The van der Waals surface area contributed by atoms with Crippen molar-refractivity contribution in [2.75, 3.05) is 33.6 Å². The number of Topliss-reactive ketones (excluding diaryl/α,β-unsaturated/α-hetero) is 1. The third-order valence-electron chi connectivity index (χ3n) is 5.92. The first-order chi connectivity index (χ1) is 12.4. The normalized spacial score (nSPS) is 31.0. The van der Waals surface area contributed by atoms with Crippen molar-refractivity contribution in [3.63, 3.8) is 0 Å². The number of hydrogen-bond donors (Lipinski definition) is 1. The summed E-state index contributed by atoms with van der Waals surface area (Å²) in [5, 5.41) is 3.05. The molecule has 1 saturated heterocycles. The van der Waals surface area contributed by atoms with Crippen LogP contribution in [0.4, 0.5) is 0 Å². The van der Waals surface area contributed by atoms with Gasteiger partial charge in [0.1, 0.15) is 19.0 Å². The molecule has 1 heterocycles. The molecule has 0 bridgehead atoms. The molecule has 2 rings (SSSR count). The van der Waals surface area contributed by atoms with Gasteiger partial charge in [-0.05, 0) is 45.2 Å². The van der Waals surface area contributed by atoms with E-state index in [0.717, 1.165) is 19.3 Å². The average molecular weight is 364 g/mol. The minimum atomic E-state index is -0.646. The van der Waals surface area contributed by atoms with Gasteiger partial charge in [0.2, 0.25) is 5.91 Å². The van der Waals surface area contributed by atoms with E-state index < -0.39 is 5.54 Å².